The molecule has 0 amide bonds. The van der Waals surface area contributed by atoms with E-state index in [0.717, 1.165) is 37.1 Å². The molecule has 2 fully saturated rings. The monoisotopic (exact) mass is 427 g/mol. The Labute approximate surface area is 183 Å². The van der Waals surface area contributed by atoms with E-state index >= 15 is 0 Å². The number of pyridine rings is 1. The molecule has 2 aromatic heterocycles. The maximum absolute atomic E-state index is 6.44. The van der Waals surface area contributed by atoms with E-state index in [1.54, 1.807) is 7.05 Å². The summed E-state index contributed by atoms with van der Waals surface area (Å²) in [4.78, 5) is 9.11. The average Bonchev–Trinajstić information content (AvgIpc) is 3.17. The molecular formula is C22H33N7O2. The van der Waals surface area contributed by atoms with Crippen molar-refractivity contribution >= 4 is 11.6 Å². The number of anilines is 1. The Morgan fingerprint density at radius 2 is 1.94 bits per heavy atom. The topological polar surface area (TPSA) is 128 Å². The zero-order valence-corrected chi connectivity index (χ0v) is 18.4. The van der Waals surface area contributed by atoms with Crippen LogP contribution in [0.2, 0.25) is 0 Å². The first-order valence-corrected chi connectivity index (χ1v) is 11.2. The van der Waals surface area contributed by atoms with Gasteiger partial charge in [-0.05, 0) is 62.7 Å². The van der Waals surface area contributed by atoms with Crippen molar-refractivity contribution in [2.75, 3.05) is 18.9 Å². The summed E-state index contributed by atoms with van der Waals surface area (Å²) in [6, 6.07) is 3.83. The number of nitrogens with zero attached hydrogens (tertiary/aromatic N) is 4. The molecule has 9 nitrogen and oxygen atoms in total. The standard InChI is InChI=1S/C22H33N7O2/c1-14-19(30-16-9-4-3-5-10-16)12-11-17(26-14)20(23)18(29(2)24)13-25-22-27-21(31-28-22)15-7-6-8-15/h11-12,15-16H,3-10,13,23-24H2,1-2H3,(H,25,28)/b20-18-. The third-order valence-electron chi connectivity index (χ3n) is 6.21. The van der Waals surface area contributed by atoms with Gasteiger partial charge in [0.1, 0.15) is 5.75 Å². The Balaban J connectivity index is 1.45. The van der Waals surface area contributed by atoms with Crippen LogP contribution >= 0.6 is 0 Å². The Morgan fingerprint density at radius 3 is 2.58 bits per heavy atom. The number of aryl methyl sites for hydroxylation is 1. The lowest BCUT2D eigenvalue weighted by Crippen LogP contribution is -2.32. The number of aromatic nitrogens is 3. The predicted molar refractivity (Wildman–Crippen MR) is 119 cm³/mol. The van der Waals surface area contributed by atoms with E-state index in [-0.39, 0.29) is 6.10 Å². The lowest BCUT2D eigenvalue weighted by atomic mass is 9.85. The SMILES string of the molecule is Cc1nc(/C(N)=C(\CNc2noc(C3CCC3)n2)N(C)N)ccc1OC1CCCCC1. The molecule has 168 valence electrons. The van der Waals surface area contributed by atoms with Crippen molar-refractivity contribution in [1.29, 1.82) is 0 Å². The van der Waals surface area contributed by atoms with E-state index in [1.807, 2.05) is 19.1 Å². The van der Waals surface area contributed by atoms with E-state index in [0.29, 0.717) is 41.4 Å². The molecule has 0 aromatic carbocycles. The van der Waals surface area contributed by atoms with Crippen LogP contribution in [0.4, 0.5) is 5.95 Å². The van der Waals surface area contributed by atoms with Crippen molar-refractivity contribution < 1.29 is 9.26 Å². The predicted octanol–water partition coefficient (Wildman–Crippen LogP) is 3.30. The fraction of sp³-hybridized carbons (Fsp3) is 0.591. The number of ether oxygens (including phenoxy) is 1. The third-order valence-corrected chi connectivity index (χ3v) is 6.21. The minimum Gasteiger partial charge on any atom is -0.489 e. The molecule has 0 aliphatic heterocycles. The Kier molecular flexibility index (Phi) is 6.60. The Morgan fingerprint density at radius 1 is 1.16 bits per heavy atom. The van der Waals surface area contributed by atoms with Crippen molar-refractivity contribution in [3.8, 4) is 5.75 Å². The second-order valence-electron chi connectivity index (χ2n) is 8.57. The van der Waals surface area contributed by atoms with Gasteiger partial charge in [-0.1, -0.05) is 12.8 Å². The maximum atomic E-state index is 6.44. The lowest BCUT2D eigenvalue weighted by molar-refractivity contribution is 0.153. The quantitative estimate of drug-likeness (QED) is 0.429. The number of nitrogens with two attached hydrogens (primary N) is 2. The highest BCUT2D eigenvalue weighted by molar-refractivity contribution is 5.64. The van der Waals surface area contributed by atoms with Crippen molar-refractivity contribution in [1.82, 2.24) is 20.1 Å². The average molecular weight is 428 g/mol. The van der Waals surface area contributed by atoms with Crippen LogP contribution in [0.15, 0.2) is 22.4 Å². The first-order chi connectivity index (χ1) is 15.0. The molecule has 31 heavy (non-hydrogen) atoms. The highest BCUT2D eigenvalue weighted by atomic mass is 16.5. The van der Waals surface area contributed by atoms with Crippen molar-refractivity contribution in [2.24, 2.45) is 11.6 Å². The Bertz CT molecular complexity index is 914. The molecule has 2 aliphatic rings. The van der Waals surface area contributed by atoms with E-state index in [9.17, 15) is 0 Å². The number of hydrogen-bond donors (Lipinski definition) is 3. The van der Waals surface area contributed by atoms with Gasteiger partial charge in [0, 0.05) is 13.0 Å². The molecule has 0 radical (unpaired) electrons. The van der Waals surface area contributed by atoms with Crippen LogP contribution in [0.3, 0.4) is 0 Å². The van der Waals surface area contributed by atoms with Crippen LogP contribution in [0, 0.1) is 6.92 Å². The summed E-state index contributed by atoms with van der Waals surface area (Å²) in [5, 5.41) is 8.65. The van der Waals surface area contributed by atoms with Crippen LogP contribution in [-0.2, 0) is 0 Å². The summed E-state index contributed by atoms with van der Waals surface area (Å²) in [7, 11) is 1.74. The summed E-state index contributed by atoms with van der Waals surface area (Å²) < 4.78 is 11.5. The largest absolute Gasteiger partial charge is 0.489 e. The summed E-state index contributed by atoms with van der Waals surface area (Å²) in [5.74, 6) is 8.40. The van der Waals surface area contributed by atoms with Crippen LogP contribution < -0.4 is 21.6 Å². The highest BCUT2D eigenvalue weighted by Gasteiger charge is 2.25. The lowest BCUT2D eigenvalue weighted by Gasteiger charge is -2.24. The van der Waals surface area contributed by atoms with E-state index < -0.39 is 0 Å². The van der Waals surface area contributed by atoms with Crippen LogP contribution in [0.25, 0.3) is 5.70 Å². The number of nitrogens with one attached hydrogen (secondary N) is 1. The van der Waals surface area contributed by atoms with Gasteiger partial charge < -0.3 is 25.3 Å². The first kappa shape index (κ1) is 21.4. The molecule has 0 saturated heterocycles. The van der Waals surface area contributed by atoms with Gasteiger partial charge in [-0.15, -0.1) is 0 Å². The third kappa shape index (κ3) is 5.10. The minimum atomic E-state index is 0.280. The highest BCUT2D eigenvalue weighted by Crippen LogP contribution is 2.35. The van der Waals surface area contributed by atoms with Gasteiger partial charge >= 0.3 is 0 Å². The van der Waals surface area contributed by atoms with E-state index in [2.05, 4.69) is 20.4 Å². The van der Waals surface area contributed by atoms with Gasteiger partial charge in [0.05, 0.1) is 35.4 Å². The number of likely N-dealkylation sites (N-methyl/N-ethyl adjacent to an activating group) is 1. The molecule has 4 rings (SSSR count). The molecule has 0 unspecified atom stereocenters. The molecule has 5 N–H and O–H groups in total. The van der Waals surface area contributed by atoms with Crippen LogP contribution in [-0.4, -0.2) is 39.8 Å². The Hall–Kier alpha value is -2.81. The maximum Gasteiger partial charge on any atom is 0.263 e. The molecule has 2 aliphatic carbocycles. The van der Waals surface area contributed by atoms with Gasteiger partial charge in [0.15, 0.2) is 0 Å². The normalized spacial score (nSPS) is 18.3. The molecule has 2 saturated carbocycles. The molecular weight excluding hydrogens is 394 g/mol. The fourth-order valence-corrected chi connectivity index (χ4v) is 4.03. The van der Waals surface area contributed by atoms with Crippen molar-refractivity contribution in [3.63, 3.8) is 0 Å². The van der Waals surface area contributed by atoms with Gasteiger partial charge in [-0.2, -0.15) is 4.98 Å². The molecule has 0 atom stereocenters. The van der Waals surface area contributed by atoms with Gasteiger partial charge in [0.2, 0.25) is 5.89 Å². The van der Waals surface area contributed by atoms with Crippen LogP contribution in [0.1, 0.15) is 74.6 Å². The first-order valence-electron chi connectivity index (χ1n) is 11.2. The molecule has 2 heterocycles. The van der Waals surface area contributed by atoms with Gasteiger partial charge in [-0.3, -0.25) is 0 Å². The number of hydrazine groups is 1. The molecule has 9 heteroatoms. The van der Waals surface area contributed by atoms with Crippen molar-refractivity contribution in [3.05, 3.63) is 35.1 Å². The van der Waals surface area contributed by atoms with Crippen molar-refractivity contribution in [2.45, 2.75) is 70.3 Å². The van der Waals surface area contributed by atoms with E-state index in [1.165, 1.54) is 30.7 Å². The fourth-order valence-electron chi connectivity index (χ4n) is 4.03. The minimum absolute atomic E-state index is 0.280. The molecule has 2 aromatic rings. The smallest absolute Gasteiger partial charge is 0.263 e. The molecule has 0 spiro atoms. The molecule has 0 bridgehead atoms. The van der Waals surface area contributed by atoms with E-state index in [4.69, 9.17) is 20.8 Å². The summed E-state index contributed by atoms with van der Waals surface area (Å²) in [6.45, 7) is 2.30. The summed E-state index contributed by atoms with van der Waals surface area (Å²) in [6.07, 6.45) is 9.68. The van der Waals surface area contributed by atoms with Crippen LogP contribution in [0.5, 0.6) is 5.75 Å². The van der Waals surface area contributed by atoms with Gasteiger partial charge in [0.25, 0.3) is 5.95 Å². The second kappa shape index (κ2) is 9.55. The summed E-state index contributed by atoms with van der Waals surface area (Å²) in [5.41, 5.74) is 9.10. The zero-order valence-electron chi connectivity index (χ0n) is 18.4. The number of hydrogen-bond acceptors (Lipinski definition) is 9. The summed E-state index contributed by atoms with van der Waals surface area (Å²) >= 11 is 0. The zero-order chi connectivity index (χ0) is 21.8. The number of rotatable bonds is 8. The van der Waals surface area contributed by atoms with Gasteiger partial charge in [-0.25, -0.2) is 10.8 Å². The second-order valence-corrected chi connectivity index (χ2v) is 8.57.